The first-order valence-electron chi connectivity index (χ1n) is 8.34. The molecule has 0 radical (unpaired) electrons. The number of hydrogen-bond donors (Lipinski definition) is 0. The van der Waals surface area contributed by atoms with Crippen LogP contribution in [0.15, 0.2) is 40.0 Å². The zero-order chi connectivity index (χ0) is 18.1. The van der Waals surface area contributed by atoms with Gasteiger partial charge in [0.15, 0.2) is 0 Å². The molecule has 1 aliphatic rings. The van der Waals surface area contributed by atoms with Crippen LogP contribution in [-0.2, 0) is 22.0 Å². The lowest BCUT2D eigenvalue weighted by Gasteiger charge is -2.33. The molecule has 0 bridgehead atoms. The Bertz CT molecular complexity index is 804. The highest BCUT2D eigenvalue weighted by Crippen LogP contribution is 2.23. The summed E-state index contributed by atoms with van der Waals surface area (Å²) in [6, 6.07) is 3.22. The van der Waals surface area contributed by atoms with Crippen LogP contribution in [0.25, 0.3) is 0 Å². The van der Waals surface area contributed by atoms with Gasteiger partial charge in [0.1, 0.15) is 10.7 Å². The molecule has 3 rings (SSSR count). The Morgan fingerprint density at radius 3 is 2.44 bits per heavy atom. The Hall–Kier alpha value is -1.77. The van der Waals surface area contributed by atoms with Gasteiger partial charge in [-0.2, -0.15) is 4.31 Å². The fraction of sp³-hybridized carbons (Fsp3) is 0.529. The van der Waals surface area contributed by atoms with Gasteiger partial charge in [-0.1, -0.05) is 20.8 Å². The van der Waals surface area contributed by atoms with Crippen molar-refractivity contribution in [2.45, 2.75) is 37.6 Å². The van der Waals surface area contributed by atoms with E-state index in [4.69, 9.17) is 4.42 Å². The van der Waals surface area contributed by atoms with Gasteiger partial charge in [0.05, 0.1) is 12.7 Å². The molecule has 0 spiro atoms. The fourth-order valence-electron chi connectivity index (χ4n) is 2.70. The lowest BCUT2D eigenvalue weighted by molar-refractivity contribution is 0.166. The third-order valence-electron chi connectivity index (χ3n) is 4.26. The van der Waals surface area contributed by atoms with Crippen LogP contribution in [0, 0.1) is 0 Å². The summed E-state index contributed by atoms with van der Waals surface area (Å²) < 4.78 is 32.5. The van der Waals surface area contributed by atoms with Gasteiger partial charge in [0.25, 0.3) is 0 Å². The van der Waals surface area contributed by atoms with Crippen LogP contribution in [0.3, 0.4) is 0 Å². The first-order valence-corrected chi connectivity index (χ1v) is 9.78. The Morgan fingerprint density at radius 2 is 1.88 bits per heavy atom. The predicted molar refractivity (Wildman–Crippen MR) is 93.5 cm³/mol. The molecule has 136 valence electrons. The summed E-state index contributed by atoms with van der Waals surface area (Å²) in [4.78, 5) is 10.6. The zero-order valence-electron chi connectivity index (χ0n) is 14.8. The number of oxazole rings is 1. The van der Waals surface area contributed by atoms with E-state index in [1.54, 1.807) is 24.5 Å². The van der Waals surface area contributed by atoms with Crippen LogP contribution >= 0.6 is 0 Å². The third-order valence-corrected chi connectivity index (χ3v) is 6.14. The molecule has 0 aromatic carbocycles. The number of sulfonamides is 1. The Labute approximate surface area is 148 Å². The van der Waals surface area contributed by atoms with Gasteiger partial charge in [0, 0.05) is 44.0 Å². The molecule has 2 aromatic heterocycles. The summed E-state index contributed by atoms with van der Waals surface area (Å²) in [6.45, 7) is 9.03. The van der Waals surface area contributed by atoms with Crippen LogP contribution in [0.1, 0.15) is 32.4 Å². The molecule has 1 saturated heterocycles. The molecule has 0 N–H and O–H groups in total. The van der Waals surface area contributed by atoms with E-state index in [1.165, 1.54) is 10.5 Å². The summed E-state index contributed by atoms with van der Waals surface area (Å²) in [5.41, 5.74) is -0.0677. The molecule has 2 aromatic rings. The minimum Gasteiger partial charge on any atom is -0.444 e. The number of rotatable bonds is 4. The van der Waals surface area contributed by atoms with E-state index in [2.05, 4.69) is 35.6 Å². The average Bonchev–Trinajstić information content (AvgIpc) is 3.05. The molecule has 0 saturated carbocycles. The SMILES string of the molecule is CC(C)(C)c1cnc(CN2CCN(S(=O)(=O)c3cccnc3)CC2)o1. The van der Waals surface area contributed by atoms with Gasteiger partial charge in [-0.15, -0.1) is 0 Å². The van der Waals surface area contributed by atoms with Gasteiger partial charge >= 0.3 is 0 Å². The first kappa shape index (κ1) is 18.0. The lowest BCUT2D eigenvalue weighted by Crippen LogP contribution is -2.48. The van der Waals surface area contributed by atoms with Crippen molar-refractivity contribution in [3.05, 3.63) is 42.4 Å². The summed E-state index contributed by atoms with van der Waals surface area (Å²) >= 11 is 0. The van der Waals surface area contributed by atoms with Gasteiger partial charge < -0.3 is 4.42 Å². The molecular formula is C17H24N4O3S. The second-order valence-corrected chi connectivity index (χ2v) is 9.18. The fourth-order valence-corrected chi connectivity index (χ4v) is 4.08. The van der Waals surface area contributed by atoms with Gasteiger partial charge in [-0.25, -0.2) is 13.4 Å². The van der Waals surface area contributed by atoms with Crippen LogP contribution in [0.5, 0.6) is 0 Å². The maximum Gasteiger partial charge on any atom is 0.244 e. The average molecular weight is 364 g/mol. The van der Waals surface area contributed by atoms with Crippen molar-refractivity contribution in [1.29, 1.82) is 0 Å². The Balaban J connectivity index is 1.60. The highest BCUT2D eigenvalue weighted by atomic mass is 32.2. The minimum absolute atomic E-state index is 0.0677. The second kappa shape index (κ2) is 6.86. The molecule has 1 fully saturated rings. The molecule has 7 nitrogen and oxygen atoms in total. The van der Waals surface area contributed by atoms with Crippen LogP contribution in [0.2, 0.25) is 0 Å². The first-order chi connectivity index (χ1) is 11.8. The number of hydrogen-bond acceptors (Lipinski definition) is 6. The van der Waals surface area contributed by atoms with Crippen LogP contribution in [-0.4, -0.2) is 53.8 Å². The van der Waals surface area contributed by atoms with Crippen molar-refractivity contribution in [2.24, 2.45) is 0 Å². The third kappa shape index (κ3) is 4.08. The van der Waals surface area contributed by atoms with Crippen LogP contribution in [0.4, 0.5) is 0 Å². The largest absolute Gasteiger partial charge is 0.444 e. The molecule has 0 aliphatic carbocycles. The zero-order valence-corrected chi connectivity index (χ0v) is 15.7. The maximum absolute atomic E-state index is 12.6. The lowest BCUT2D eigenvalue weighted by atomic mass is 9.94. The minimum atomic E-state index is -3.47. The molecular weight excluding hydrogens is 340 g/mol. The van der Waals surface area contributed by atoms with Crippen LogP contribution < -0.4 is 0 Å². The van der Waals surface area contributed by atoms with Crippen molar-refractivity contribution >= 4 is 10.0 Å². The van der Waals surface area contributed by atoms with E-state index in [9.17, 15) is 8.42 Å². The second-order valence-electron chi connectivity index (χ2n) is 7.24. The van der Waals surface area contributed by atoms with E-state index in [0.29, 0.717) is 38.6 Å². The Kier molecular flexibility index (Phi) is 4.95. The molecule has 1 aliphatic heterocycles. The predicted octanol–water partition coefficient (Wildman–Crippen LogP) is 1.87. The number of pyridine rings is 1. The van der Waals surface area contributed by atoms with E-state index in [-0.39, 0.29) is 10.3 Å². The molecule has 25 heavy (non-hydrogen) atoms. The topological polar surface area (TPSA) is 79.5 Å². The number of piperazine rings is 1. The normalized spacial score (nSPS) is 17.7. The van der Waals surface area contributed by atoms with Crippen molar-refractivity contribution in [3.63, 3.8) is 0 Å². The molecule has 0 amide bonds. The quantitative estimate of drug-likeness (QED) is 0.824. The van der Waals surface area contributed by atoms with Gasteiger partial charge in [-0.05, 0) is 12.1 Å². The van der Waals surface area contributed by atoms with E-state index in [1.807, 2.05) is 0 Å². The number of aromatic nitrogens is 2. The monoisotopic (exact) mass is 364 g/mol. The molecule has 0 unspecified atom stereocenters. The standard InChI is InChI=1S/C17H24N4O3S/c1-17(2,3)15-12-19-16(24-15)13-20-7-9-21(10-8-20)25(22,23)14-5-4-6-18-11-14/h4-6,11-12H,7-10,13H2,1-3H3. The summed E-state index contributed by atoms with van der Waals surface area (Å²) in [5.74, 6) is 1.54. The number of nitrogens with zero attached hydrogens (tertiary/aromatic N) is 4. The van der Waals surface area contributed by atoms with Gasteiger partial charge in [-0.3, -0.25) is 9.88 Å². The molecule has 0 atom stereocenters. The van der Waals surface area contributed by atoms with Gasteiger partial charge in [0.2, 0.25) is 15.9 Å². The summed E-state index contributed by atoms with van der Waals surface area (Å²) in [5, 5.41) is 0. The maximum atomic E-state index is 12.6. The molecule has 8 heteroatoms. The van der Waals surface area contributed by atoms with E-state index < -0.39 is 10.0 Å². The van der Waals surface area contributed by atoms with E-state index in [0.717, 1.165) is 5.76 Å². The van der Waals surface area contributed by atoms with Crippen molar-refractivity contribution in [3.8, 4) is 0 Å². The van der Waals surface area contributed by atoms with Crippen molar-refractivity contribution in [2.75, 3.05) is 26.2 Å². The highest BCUT2D eigenvalue weighted by Gasteiger charge is 2.29. The van der Waals surface area contributed by atoms with E-state index >= 15 is 0 Å². The summed E-state index contributed by atoms with van der Waals surface area (Å²) in [6.07, 6.45) is 4.74. The highest BCUT2D eigenvalue weighted by molar-refractivity contribution is 7.89. The smallest absolute Gasteiger partial charge is 0.244 e. The summed E-state index contributed by atoms with van der Waals surface area (Å²) in [7, 11) is -3.47. The van der Waals surface area contributed by atoms with Crippen molar-refractivity contribution in [1.82, 2.24) is 19.2 Å². The molecule has 3 heterocycles. The van der Waals surface area contributed by atoms with Crippen molar-refractivity contribution < 1.29 is 12.8 Å². The Morgan fingerprint density at radius 1 is 1.16 bits per heavy atom.